The van der Waals surface area contributed by atoms with E-state index >= 15 is 0 Å². The first-order valence-corrected chi connectivity index (χ1v) is 11.1. The van der Waals surface area contributed by atoms with E-state index in [4.69, 9.17) is 9.47 Å². The quantitative estimate of drug-likeness (QED) is 0.524. The van der Waals surface area contributed by atoms with Crippen LogP contribution in [-0.4, -0.2) is 36.3 Å². The summed E-state index contributed by atoms with van der Waals surface area (Å²) in [5.74, 6) is 0.786. The Bertz CT molecular complexity index is 1120. The molecule has 0 N–H and O–H groups in total. The van der Waals surface area contributed by atoms with E-state index in [2.05, 4.69) is 0 Å². The number of carbonyl (C=O) groups excluding carboxylic acids is 2. The maximum atomic E-state index is 13.7. The molecule has 0 radical (unpaired) electrons. The topological polar surface area (TPSA) is 55.8 Å². The van der Waals surface area contributed by atoms with Crippen LogP contribution in [0.5, 0.6) is 11.5 Å². The Balaban J connectivity index is 1.69. The lowest BCUT2D eigenvalue weighted by atomic mass is 9.82. The van der Waals surface area contributed by atoms with Crippen LogP contribution in [0.2, 0.25) is 0 Å². The Morgan fingerprint density at radius 3 is 1.94 bits per heavy atom. The number of fused-ring (bicyclic) bond motifs is 1. The standard InChI is InChI=1S/C28H29NO4/c1-28(2)27(31)23-16-25(33-4)24(32-3)15-21(23)18-29(28)26(30)17-22(19-11-7-5-8-12-19)20-13-9-6-10-14-20/h5-16,22H,17-18H2,1-4H3. The van der Waals surface area contributed by atoms with Gasteiger partial charge in [0.2, 0.25) is 5.91 Å². The number of rotatable bonds is 6. The predicted molar refractivity (Wildman–Crippen MR) is 128 cm³/mol. The van der Waals surface area contributed by atoms with Gasteiger partial charge in [0.25, 0.3) is 0 Å². The zero-order valence-corrected chi connectivity index (χ0v) is 19.5. The van der Waals surface area contributed by atoms with Crippen LogP contribution in [0.1, 0.15) is 53.2 Å². The second-order valence-electron chi connectivity index (χ2n) is 8.81. The maximum absolute atomic E-state index is 13.7. The Kier molecular flexibility index (Phi) is 6.23. The molecule has 0 aliphatic carbocycles. The molecule has 0 bridgehead atoms. The summed E-state index contributed by atoms with van der Waals surface area (Å²) in [6.07, 6.45) is 0.271. The zero-order chi connectivity index (χ0) is 23.6. The number of amides is 1. The summed E-state index contributed by atoms with van der Waals surface area (Å²) in [5.41, 5.74) is 2.52. The van der Waals surface area contributed by atoms with Gasteiger partial charge in [-0.1, -0.05) is 60.7 Å². The van der Waals surface area contributed by atoms with Gasteiger partial charge in [-0.15, -0.1) is 0 Å². The molecule has 5 nitrogen and oxygen atoms in total. The van der Waals surface area contributed by atoms with Gasteiger partial charge >= 0.3 is 0 Å². The summed E-state index contributed by atoms with van der Waals surface area (Å²) in [5, 5.41) is 0. The highest BCUT2D eigenvalue weighted by Gasteiger charge is 2.44. The normalized spacial score (nSPS) is 14.7. The van der Waals surface area contributed by atoms with E-state index in [9.17, 15) is 9.59 Å². The highest BCUT2D eigenvalue weighted by molar-refractivity contribution is 6.07. The van der Waals surface area contributed by atoms with Gasteiger partial charge in [-0.2, -0.15) is 0 Å². The average molecular weight is 444 g/mol. The fourth-order valence-electron chi connectivity index (χ4n) is 4.57. The number of benzene rings is 3. The van der Waals surface area contributed by atoms with Crippen molar-refractivity contribution in [2.45, 2.75) is 38.3 Å². The van der Waals surface area contributed by atoms with E-state index in [1.807, 2.05) is 74.5 Å². The molecular formula is C28H29NO4. The van der Waals surface area contributed by atoms with Crippen molar-refractivity contribution in [1.29, 1.82) is 0 Å². The number of hydrogen-bond donors (Lipinski definition) is 0. The second-order valence-corrected chi connectivity index (χ2v) is 8.81. The van der Waals surface area contributed by atoms with Gasteiger partial charge < -0.3 is 14.4 Å². The minimum Gasteiger partial charge on any atom is -0.493 e. The van der Waals surface area contributed by atoms with Gasteiger partial charge in [0.15, 0.2) is 17.3 Å². The van der Waals surface area contributed by atoms with Crippen LogP contribution >= 0.6 is 0 Å². The van der Waals surface area contributed by atoms with Crippen molar-refractivity contribution in [3.05, 3.63) is 95.1 Å². The Hall–Kier alpha value is -3.60. The molecule has 170 valence electrons. The lowest BCUT2D eigenvalue weighted by molar-refractivity contribution is -0.136. The van der Waals surface area contributed by atoms with Crippen LogP contribution < -0.4 is 9.47 Å². The molecule has 0 atom stereocenters. The fraction of sp³-hybridized carbons (Fsp3) is 0.286. The largest absolute Gasteiger partial charge is 0.493 e. The molecule has 3 aromatic rings. The monoisotopic (exact) mass is 443 g/mol. The molecule has 0 spiro atoms. The van der Waals surface area contributed by atoms with E-state index in [0.717, 1.165) is 16.7 Å². The van der Waals surface area contributed by atoms with E-state index in [1.165, 1.54) is 0 Å². The molecule has 1 aliphatic heterocycles. The summed E-state index contributed by atoms with van der Waals surface area (Å²) >= 11 is 0. The third kappa shape index (κ3) is 4.23. The predicted octanol–water partition coefficient (Wildman–Crippen LogP) is 5.23. The van der Waals surface area contributed by atoms with Crippen LogP contribution in [-0.2, 0) is 11.3 Å². The molecule has 0 aromatic heterocycles. The summed E-state index contributed by atoms with van der Waals surface area (Å²) < 4.78 is 10.8. The third-order valence-corrected chi connectivity index (χ3v) is 6.50. The maximum Gasteiger partial charge on any atom is 0.224 e. The van der Waals surface area contributed by atoms with Crippen molar-refractivity contribution in [3.63, 3.8) is 0 Å². The molecule has 0 fully saturated rings. The smallest absolute Gasteiger partial charge is 0.224 e. The Morgan fingerprint density at radius 2 is 1.42 bits per heavy atom. The second kappa shape index (κ2) is 9.10. The highest BCUT2D eigenvalue weighted by atomic mass is 16.5. The van der Waals surface area contributed by atoms with Crippen molar-refractivity contribution in [3.8, 4) is 11.5 Å². The molecule has 4 rings (SSSR count). The van der Waals surface area contributed by atoms with Gasteiger partial charge in [0.05, 0.1) is 14.2 Å². The Morgan fingerprint density at radius 1 is 0.909 bits per heavy atom. The number of nitrogens with zero attached hydrogens (tertiary/aromatic N) is 1. The first-order valence-electron chi connectivity index (χ1n) is 11.1. The summed E-state index contributed by atoms with van der Waals surface area (Å²) in [7, 11) is 3.11. The molecular weight excluding hydrogens is 414 g/mol. The first kappa shape index (κ1) is 22.6. The number of hydrogen-bond acceptors (Lipinski definition) is 4. The number of ether oxygens (including phenoxy) is 2. The van der Waals surface area contributed by atoms with E-state index in [-0.39, 0.29) is 24.0 Å². The zero-order valence-electron chi connectivity index (χ0n) is 19.5. The van der Waals surface area contributed by atoms with Gasteiger partial charge in [-0.25, -0.2) is 0 Å². The summed E-state index contributed by atoms with van der Waals surface area (Å²) in [6, 6.07) is 23.6. The summed E-state index contributed by atoms with van der Waals surface area (Å²) in [4.78, 5) is 28.9. The van der Waals surface area contributed by atoms with Gasteiger partial charge in [0, 0.05) is 24.4 Å². The van der Waals surface area contributed by atoms with Crippen molar-refractivity contribution in [2.24, 2.45) is 0 Å². The minimum atomic E-state index is -0.971. The van der Waals surface area contributed by atoms with E-state index in [1.54, 1.807) is 31.3 Å². The number of ketones is 1. The molecule has 1 amide bonds. The number of Topliss-reactive ketones (excluding diaryl/α,β-unsaturated/α-hetero) is 1. The first-order chi connectivity index (χ1) is 15.9. The molecule has 0 saturated carbocycles. The summed E-state index contributed by atoms with van der Waals surface area (Å²) in [6.45, 7) is 3.96. The van der Waals surface area contributed by atoms with Gasteiger partial charge in [-0.3, -0.25) is 9.59 Å². The van der Waals surface area contributed by atoms with Crippen molar-refractivity contribution in [2.75, 3.05) is 14.2 Å². The van der Waals surface area contributed by atoms with Crippen molar-refractivity contribution >= 4 is 11.7 Å². The van der Waals surface area contributed by atoms with Crippen molar-refractivity contribution in [1.82, 2.24) is 4.90 Å². The van der Waals surface area contributed by atoms with Crippen LogP contribution in [0.3, 0.4) is 0 Å². The molecule has 5 heteroatoms. The molecule has 33 heavy (non-hydrogen) atoms. The molecule has 1 aliphatic rings. The highest BCUT2D eigenvalue weighted by Crippen LogP contribution is 2.39. The van der Waals surface area contributed by atoms with E-state index in [0.29, 0.717) is 23.6 Å². The van der Waals surface area contributed by atoms with E-state index < -0.39 is 5.54 Å². The lowest BCUT2D eigenvalue weighted by Crippen LogP contribution is -2.55. The van der Waals surface area contributed by atoms with Gasteiger partial charge in [-0.05, 0) is 42.7 Å². The van der Waals surface area contributed by atoms with Crippen LogP contribution in [0.15, 0.2) is 72.8 Å². The van der Waals surface area contributed by atoms with Crippen LogP contribution in [0.25, 0.3) is 0 Å². The number of methoxy groups -OCH3 is 2. The van der Waals surface area contributed by atoms with Crippen LogP contribution in [0.4, 0.5) is 0 Å². The molecule has 1 heterocycles. The lowest BCUT2D eigenvalue weighted by Gasteiger charge is -2.42. The minimum absolute atomic E-state index is 0.0634. The molecule has 3 aromatic carbocycles. The molecule has 0 unspecified atom stereocenters. The SMILES string of the molecule is COc1cc2c(cc1OC)C(=O)C(C)(C)N(C(=O)CC(c1ccccc1)c1ccccc1)C2. The Labute approximate surface area is 194 Å². The third-order valence-electron chi connectivity index (χ3n) is 6.50. The molecule has 0 saturated heterocycles. The fourth-order valence-corrected chi connectivity index (χ4v) is 4.57. The number of carbonyl (C=O) groups is 2. The average Bonchev–Trinajstić information content (AvgIpc) is 2.85. The van der Waals surface area contributed by atoms with Crippen LogP contribution in [0, 0.1) is 0 Å². The van der Waals surface area contributed by atoms with Gasteiger partial charge in [0.1, 0.15) is 5.54 Å². The van der Waals surface area contributed by atoms with Crippen molar-refractivity contribution < 1.29 is 19.1 Å².